The lowest BCUT2D eigenvalue weighted by molar-refractivity contribution is -0.131. The first-order valence-electron chi connectivity index (χ1n) is 7.93. The molecule has 1 aliphatic heterocycles. The van der Waals surface area contributed by atoms with E-state index < -0.39 is 17.4 Å². The van der Waals surface area contributed by atoms with Crippen LogP contribution in [0.2, 0.25) is 0 Å². The summed E-state index contributed by atoms with van der Waals surface area (Å²) >= 11 is 0. The quantitative estimate of drug-likeness (QED) is 0.917. The SMILES string of the molecule is CN1C(=O)CC(C(=O)NCC(=O)C(C)(C)C)C1c1ccc(F)cc1. The van der Waals surface area contributed by atoms with Gasteiger partial charge in [-0.15, -0.1) is 0 Å². The molecule has 1 saturated heterocycles. The highest BCUT2D eigenvalue weighted by Gasteiger charge is 2.42. The highest BCUT2D eigenvalue weighted by molar-refractivity contribution is 5.93. The Morgan fingerprint density at radius 1 is 1.25 bits per heavy atom. The molecule has 1 aromatic rings. The predicted octanol–water partition coefficient (Wildman–Crippen LogP) is 2.08. The normalized spacial score (nSPS) is 21.0. The number of likely N-dealkylation sites (tertiary alicyclic amines) is 1. The first-order chi connectivity index (χ1) is 11.1. The number of Topliss-reactive ketones (excluding diaryl/α,β-unsaturated/α-hetero) is 1. The number of carbonyl (C=O) groups is 3. The lowest BCUT2D eigenvalue weighted by Crippen LogP contribution is -2.40. The van der Waals surface area contributed by atoms with Crippen LogP contribution in [0.5, 0.6) is 0 Å². The fourth-order valence-electron chi connectivity index (χ4n) is 2.78. The van der Waals surface area contributed by atoms with Crippen LogP contribution < -0.4 is 5.32 Å². The topological polar surface area (TPSA) is 66.5 Å². The Hall–Kier alpha value is -2.24. The smallest absolute Gasteiger partial charge is 0.226 e. The van der Waals surface area contributed by atoms with E-state index in [0.29, 0.717) is 5.56 Å². The summed E-state index contributed by atoms with van der Waals surface area (Å²) in [7, 11) is 1.63. The van der Waals surface area contributed by atoms with Crippen LogP contribution in [-0.2, 0) is 14.4 Å². The van der Waals surface area contributed by atoms with E-state index in [-0.39, 0.29) is 36.4 Å². The number of amides is 2. The second-order valence-electron chi connectivity index (χ2n) is 7.20. The Labute approximate surface area is 141 Å². The zero-order valence-electron chi connectivity index (χ0n) is 14.4. The number of hydrogen-bond acceptors (Lipinski definition) is 3. The van der Waals surface area contributed by atoms with E-state index in [1.807, 2.05) is 0 Å². The molecule has 6 heteroatoms. The largest absolute Gasteiger partial charge is 0.349 e. The van der Waals surface area contributed by atoms with Gasteiger partial charge in [-0.2, -0.15) is 0 Å². The molecular weight excluding hydrogens is 311 g/mol. The summed E-state index contributed by atoms with van der Waals surface area (Å²) in [4.78, 5) is 38.0. The molecule has 1 aliphatic rings. The van der Waals surface area contributed by atoms with Crippen LogP contribution in [0.25, 0.3) is 0 Å². The van der Waals surface area contributed by atoms with Gasteiger partial charge in [0.15, 0.2) is 5.78 Å². The molecule has 2 rings (SSSR count). The third kappa shape index (κ3) is 3.80. The van der Waals surface area contributed by atoms with Crippen LogP contribution in [0, 0.1) is 17.2 Å². The molecule has 1 aromatic carbocycles. The van der Waals surface area contributed by atoms with Gasteiger partial charge in [0, 0.05) is 18.9 Å². The van der Waals surface area contributed by atoms with Crippen LogP contribution in [0.3, 0.4) is 0 Å². The molecule has 2 amide bonds. The number of nitrogens with one attached hydrogen (secondary N) is 1. The van der Waals surface area contributed by atoms with Crippen LogP contribution in [-0.4, -0.2) is 36.1 Å². The Balaban J connectivity index is 2.14. The van der Waals surface area contributed by atoms with Crippen LogP contribution in [0.15, 0.2) is 24.3 Å². The van der Waals surface area contributed by atoms with Crippen molar-refractivity contribution in [2.45, 2.75) is 33.2 Å². The molecule has 130 valence electrons. The monoisotopic (exact) mass is 334 g/mol. The van der Waals surface area contributed by atoms with Crippen LogP contribution in [0.4, 0.5) is 4.39 Å². The summed E-state index contributed by atoms with van der Waals surface area (Å²) in [6.45, 7) is 5.30. The molecule has 0 spiro atoms. The van der Waals surface area contributed by atoms with Crippen LogP contribution >= 0.6 is 0 Å². The van der Waals surface area contributed by atoms with Crippen molar-refractivity contribution in [2.24, 2.45) is 11.3 Å². The Morgan fingerprint density at radius 3 is 2.38 bits per heavy atom. The third-order valence-corrected chi connectivity index (χ3v) is 4.39. The molecule has 0 radical (unpaired) electrons. The van der Waals surface area contributed by atoms with E-state index in [2.05, 4.69) is 5.32 Å². The van der Waals surface area contributed by atoms with Gasteiger partial charge < -0.3 is 10.2 Å². The Bertz CT molecular complexity index is 649. The minimum absolute atomic E-state index is 0.0626. The fourth-order valence-corrected chi connectivity index (χ4v) is 2.78. The van der Waals surface area contributed by atoms with E-state index >= 15 is 0 Å². The summed E-state index contributed by atoms with van der Waals surface area (Å²) in [5.74, 6) is -1.53. The van der Waals surface area contributed by atoms with Gasteiger partial charge >= 0.3 is 0 Å². The average Bonchev–Trinajstić information content (AvgIpc) is 2.80. The van der Waals surface area contributed by atoms with E-state index in [1.54, 1.807) is 40.0 Å². The van der Waals surface area contributed by atoms with E-state index in [0.717, 1.165) is 0 Å². The fraction of sp³-hybridized carbons (Fsp3) is 0.500. The van der Waals surface area contributed by atoms with Crippen molar-refractivity contribution in [2.75, 3.05) is 13.6 Å². The summed E-state index contributed by atoms with van der Waals surface area (Å²) in [6.07, 6.45) is 0.0775. The second kappa shape index (κ2) is 6.71. The van der Waals surface area contributed by atoms with Gasteiger partial charge in [-0.25, -0.2) is 4.39 Å². The van der Waals surface area contributed by atoms with Crippen molar-refractivity contribution in [1.29, 1.82) is 0 Å². The number of halogens is 1. The molecule has 2 unspecified atom stereocenters. The second-order valence-corrected chi connectivity index (χ2v) is 7.20. The molecule has 0 bridgehead atoms. The van der Waals surface area contributed by atoms with Crippen molar-refractivity contribution < 1.29 is 18.8 Å². The molecule has 1 fully saturated rings. The highest BCUT2D eigenvalue weighted by atomic mass is 19.1. The molecule has 5 nitrogen and oxygen atoms in total. The zero-order valence-corrected chi connectivity index (χ0v) is 14.4. The standard InChI is InChI=1S/C18H23FN2O3/c1-18(2,3)14(22)10-20-17(24)13-9-15(23)21(4)16(13)11-5-7-12(19)8-6-11/h5-8,13,16H,9-10H2,1-4H3,(H,20,24). The number of benzene rings is 1. The third-order valence-electron chi connectivity index (χ3n) is 4.39. The Morgan fingerprint density at radius 2 is 1.83 bits per heavy atom. The van der Waals surface area contributed by atoms with Crippen molar-refractivity contribution >= 4 is 17.6 Å². The first kappa shape index (κ1) is 18.1. The lowest BCUT2D eigenvalue weighted by atomic mass is 9.90. The number of carbonyl (C=O) groups excluding carboxylic acids is 3. The van der Waals surface area contributed by atoms with Gasteiger partial charge in [0.05, 0.1) is 18.5 Å². The average molecular weight is 334 g/mol. The maximum absolute atomic E-state index is 13.1. The molecule has 1 N–H and O–H groups in total. The van der Waals surface area contributed by atoms with E-state index in [9.17, 15) is 18.8 Å². The molecule has 0 aliphatic carbocycles. The molecular formula is C18H23FN2O3. The highest BCUT2D eigenvalue weighted by Crippen LogP contribution is 2.37. The number of rotatable bonds is 4. The van der Waals surface area contributed by atoms with Crippen molar-refractivity contribution in [3.05, 3.63) is 35.6 Å². The minimum atomic E-state index is -0.597. The first-order valence-corrected chi connectivity index (χ1v) is 7.93. The molecule has 24 heavy (non-hydrogen) atoms. The lowest BCUT2D eigenvalue weighted by Gasteiger charge is -2.25. The van der Waals surface area contributed by atoms with Gasteiger partial charge in [0.25, 0.3) is 0 Å². The minimum Gasteiger partial charge on any atom is -0.349 e. The van der Waals surface area contributed by atoms with Gasteiger partial charge in [0.1, 0.15) is 5.82 Å². The van der Waals surface area contributed by atoms with Gasteiger partial charge in [-0.1, -0.05) is 32.9 Å². The van der Waals surface area contributed by atoms with Gasteiger partial charge in [-0.3, -0.25) is 14.4 Å². The van der Waals surface area contributed by atoms with Gasteiger partial charge in [0.2, 0.25) is 11.8 Å². The summed E-state index contributed by atoms with van der Waals surface area (Å²) in [6, 6.07) is 5.32. The summed E-state index contributed by atoms with van der Waals surface area (Å²) < 4.78 is 13.1. The summed E-state index contributed by atoms with van der Waals surface area (Å²) in [5, 5.41) is 2.64. The van der Waals surface area contributed by atoms with Crippen molar-refractivity contribution in [3.63, 3.8) is 0 Å². The number of ketones is 1. The molecule has 0 saturated carbocycles. The van der Waals surface area contributed by atoms with Gasteiger partial charge in [-0.05, 0) is 17.7 Å². The van der Waals surface area contributed by atoms with Crippen LogP contribution in [0.1, 0.15) is 38.8 Å². The maximum atomic E-state index is 13.1. The van der Waals surface area contributed by atoms with Crippen molar-refractivity contribution in [1.82, 2.24) is 10.2 Å². The number of nitrogens with zero attached hydrogens (tertiary/aromatic N) is 1. The zero-order chi connectivity index (χ0) is 18.1. The maximum Gasteiger partial charge on any atom is 0.226 e. The molecule has 0 aromatic heterocycles. The summed E-state index contributed by atoms with van der Waals surface area (Å²) in [5.41, 5.74) is 0.165. The van der Waals surface area contributed by atoms with E-state index in [1.165, 1.54) is 17.0 Å². The Kier molecular flexibility index (Phi) is 5.06. The van der Waals surface area contributed by atoms with E-state index in [4.69, 9.17) is 0 Å². The van der Waals surface area contributed by atoms with Crippen molar-refractivity contribution in [3.8, 4) is 0 Å². The molecule has 2 atom stereocenters. The predicted molar refractivity (Wildman–Crippen MR) is 87.5 cm³/mol. The number of hydrogen-bond donors (Lipinski definition) is 1. The molecule has 1 heterocycles.